The molecule has 2 nitrogen and oxygen atoms in total. The Kier molecular flexibility index (Phi) is 4.74. The first kappa shape index (κ1) is 14.7. The van der Waals surface area contributed by atoms with E-state index >= 15 is 0 Å². The van der Waals surface area contributed by atoms with Crippen LogP contribution < -0.4 is 10.5 Å². The molecule has 0 fully saturated rings. The second-order valence-electron chi connectivity index (χ2n) is 4.22. The lowest BCUT2D eigenvalue weighted by atomic mass is 9.99. The van der Waals surface area contributed by atoms with E-state index in [4.69, 9.17) is 33.7 Å². The minimum atomic E-state index is -0.271. The van der Waals surface area contributed by atoms with Crippen molar-refractivity contribution in [2.24, 2.45) is 5.73 Å². The van der Waals surface area contributed by atoms with Crippen LogP contribution in [0.1, 0.15) is 29.7 Å². The third-order valence-electron chi connectivity index (χ3n) is 2.92. The second-order valence-corrected chi connectivity index (χ2v) is 5.78. The van der Waals surface area contributed by atoms with Crippen molar-refractivity contribution < 1.29 is 4.74 Å². The first-order chi connectivity index (χ1) is 9.04. The summed E-state index contributed by atoms with van der Waals surface area (Å²) in [5, 5.41) is 5.22. The Morgan fingerprint density at radius 1 is 1.21 bits per heavy atom. The molecule has 1 aromatic heterocycles. The molecule has 0 spiro atoms. The van der Waals surface area contributed by atoms with Gasteiger partial charge in [-0.05, 0) is 47.4 Å². The Labute approximate surface area is 127 Å². The summed E-state index contributed by atoms with van der Waals surface area (Å²) >= 11 is 14.1. The van der Waals surface area contributed by atoms with Gasteiger partial charge < -0.3 is 10.5 Å². The second kappa shape index (κ2) is 6.14. The van der Waals surface area contributed by atoms with Gasteiger partial charge in [-0.25, -0.2) is 0 Å². The van der Waals surface area contributed by atoms with Gasteiger partial charge in [0.05, 0.1) is 17.7 Å². The summed E-state index contributed by atoms with van der Waals surface area (Å²) in [7, 11) is 0. The minimum absolute atomic E-state index is 0.271. The van der Waals surface area contributed by atoms with E-state index in [-0.39, 0.29) is 6.04 Å². The average molecular weight is 316 g/mol. The number of ether oxygens (including phenoxy) is 1. The molecule has 0 amide bonds. The maximum atomic E-state index is 6.29. The molecule has 19 heavy (non-hydrogen) atoms. The van der Waals surface area contributed by atoms with Crippen LogP contribution in [-0.4, -0.2) is 6.61 Å². The minimum Gasteiger partial charge on any atom is -0.492 e. The summed E-state index contributed by atoms with van der Waals surface area (Å²) in [6, 6.07) is 3.24. The quantitative estimate of drug-likeness (QED) is 0.878. The Morgan fingerprint density at radius 3 is 2.53 bits per heavy atom. The highest BCUT2D eigenvalue weighted by atomic mass is 35.5. The van der Waals surface area contributed by atoms with E-state index in [1.807, 2.05) is 19.2 Å². The molecule has 0 aliphatic rings. The third-order valence-corrected chi connectivity index (χ3v) is 4.42. The summed E-state index contributed by atoms with van der Waals surface area (Å²) in [6.07, 6.45) is 0. The molecule has 1 aromatic carbocycles. The monoisotopic (exact) mass is 315 g/mol. The SMILES string of the molecule is CCOc1cc(Cl)c(C(N)c2cscc2C)cc1Cl. The van der Waals surface area contributed by atoms with Gasteiger partial charge in [0.2, 0.25) is 0 Å². The topological polar surface area (TPSA) is 35.2 Å². The van der Waals surface area contributed by atoms with Gasteiger partial charge in [-0.1, -0.05) is 23.2 Å². The van der Waals surface area contributed by atoms with Crippen molar-refractivity contribution in [1.82, 2.24) is 0 Å². The highest BCUT2D eigenvalue weighted by Gasteiger charge is 2.17. The number of nitrogens with two attached hydrogens (primary N) is 1. The normalized spacial score (nSPS) is 12.5. The smallest absolute Gasteiger partial charge is 0.139 e. The van der Waals surface area contributed by atoms with Crippen LogP contribution in [0.3, 0.4) is 0 Å². The third kappa shape index (κ3) is 3.06. The number of hydrogen-bond donors (Lipinski definition) is 1. The molecular formula is C14H15Cl2NOS. The van der Waals surface area contributed by atoms with Gasteiger partial charge in [0.1, 0.15) is 5.75 Å². The maximum absolute atomic E-state index is 6.29. The standard InChI is InChI=1S/C14H15Cl2NOS/c1-3-18-13-5-11(15)9(4-12(13)16)14(17)10-7-19-6-8(10)2/h4-7,14H,3,17H2,1-2H3. The molecular weight excluding hydrogens is 301 g/mol. The van der Waals surface area contributed by atoms with E-state index in [0.717, 1.165) is 11.1 Å². The van der Waals surface area contributed by atoms with Crippen LogP contribution in [-0.2, 0) is 0 Å². The van der Waals surface area contributed by atoms with Crippen molar-refractivity contribution in [1.29, 1.82) is 0 Å². The molecule has 0 aliphatic heterocycles. The van der Waals surface area contributed by atoms with Crippen molar-refractivity contribution in [2.45, 2.75) is 19.9 Å². The Hall–Kier alpha value is -0.740. The van der Waals surface area contributed by atoms with Crippen molar-refractivity contribution in [3.63, 3.8) is 0 Å². The fourth-order valence-electron chi connectivity index (χ4n) is 1.90. The van der Waals surface area contributed by atoms with E-state index < -0.39 is 0 Å². The number of hydrogen-bond acceptors (Lipinski definition) is 3. The van der Waals surface area contributed by atoms with Crippen LogP contribution in [0.15, 0.2) is 22.9 Å². The van der Waals surface area contributed by atoms with Crippen molar-refractivity contribution >= 4 is 34.5 Å². The van der Waals surface area contributed by atoms with Gasteiger partial charge in [-0.3, -0.25) is 0 Å². The molecule has 0 saturated heterocycles. The van der Waals surface area contributed by atoms with Gasteiger partial charge in [0, 0.05) is 11.1 Å². The molecule has 0 aliphatic carbocycles. The van der Waals surface area contributed by atoms with Gasteiger partial charge in [0.25, 0.3) is 0 Å². The van der Waals surface area contributed by atoms with E-state index in [9.17, 15) is 0 Å². The van der Waals surface area contributed by atoms with Crippen LogP contribution in [0, 0.1) is 6.92 Å². The fourth-order valence-corrected chi connectivity index (χ4v) is 3.29. The van der Waals surface area contributed by atoms with Crippen LogP contribution in [0.4, 0.5) is 0 Å². The summed E-state index contributed by atoms with van der Waals surface area (Å²) in [5.41, 5.74) is 9.34. The molecule has 0 bridgehead atoms. The molecule has 0 saturated carbocycles. The number of halogens is 2. The summed E-state index contributed by atoms with van der Waals surface area (Å²) in [4.78, 5) is 0. The molecule has 2 rings (SSSR count). The van der Waals surface area contributed by atoms with Gasteiger partial charge in [-0.15, -0.1) is 0 Å². The summed E-state index contributed by atoms with van der Waals surface area (Å²) in [6.45, 7) is 4.49. The lowest BCUT2D eigenvalue weighted by molar-refractivity contribution is 0.340. The first-order valence-electron chi connectivity index (χ1n) is 5.94. The number of benzene rings is 1. The van der Waals surface area contributed by atoms with E-state index in [1.165, 1.54) is 5.56 Å². The first-order valence-corrected chi connectivity index (χ1v) is 7.64. The highest BCUT2D eigenvalue weighted by molar-refractivity contribution is 7.08. The maximum Gasteiger partial charge on any atom is 0.139 e. The zero-order valence-electron chi connectivity index (χ0n) is 10.7. The lowest BCUT2D eigenvalue weighted by Gasteiger charge is -2.16. The zero-order chi connectivity index (χ0) is 14.0. The summed E-state index contributed by atoms with van der Waals surface area (Å²) < 4.78 is 5.41. The Balaban J connectivity index is 2.40. The van der Waals surface area contributed by atoms with Gasteiger partial charge in [0.15, 0.2) is 0 Å². The largest absolute Gasteiger partial charge is 0.492 e. The molecule has 102 valence electrons. The van der Waals surface area contributed by atoms with Crippen LogP contribution >= 0.6 is 34.5 Å². The molecule has 2 N–H and O–H groups in total. The number of rotatable bonds is 4. The van der Waals surface area contributed by atoms with Gasteiger partial charge in [-0.2, -0.15) is 11.3 Å². The predicted octanol–water partition coefficient (Wildman–Crippen LogP) is 4.81. The number of aryl methyl sites for hydroxylation is 1. The summed E-state index contributed by atoms with van der Waals surface area (Å²) in [5.74, 6) is 0.590. The molecule has 5 heteroatoms. The molecule has 1 unspecified atom stereocenters. The van der Waals surface area contributed by atoms with E-state index in [1.54, 1.807) is 23.5 Å². The highest BCUT2D eigenvalue weighted by Crippen LogP contribution is 2.36. The lowest BCUT2D eigenvalue weighted by Crippen LogP contribution is -2.13. The van der Waals surface area contributed by atoms with Crippen molar-refractivity contribution in [2.75, 3.05) is 6.61 Å². The van der Waals surface area contributed by atoms with E-state index in [2.05, 4.69) is 5.38 Å². The predicted molar refractivity (Wildman–Crippen MR) is 82.7 cm³/mol. The number of thiophene rings is 1. The molecule has 2 aromatic rings. The molecule has 1 heterocycles. The average Bonchev–Trinajstić information content (AvgIpc) is 2.79. The van der Waals surface area contributed by atoms with Crippen LogP contribution in [0.5, 0.6) is 5.75 Å². The zero-order valence-corrected chi connectivity index (χ0v) is 13.1. The molecule has 1 atom stereocenters. The van der Waals surface area contributed by atoms with Crippen LogP contribution in [0.25, 0.3) is 0 Å². The fraction of sp³-hybridized carbons (Fsp3) is 0.286. The van der Waals surface area contributed by atoms with Crippen molar-refractivity contribution in [3.05, 3.63) is 49.6 Å². The Morgan fingerprint density at radius 2 is 1.95 bits per heavy atom. The van der Waals surface area contributed by atoms with E-state index in [0.29, 0.717) is 22.4 Å². The molecule has 0 radical (unpaired) electrons. The van der Waals surface area contributed by atoms with Crippen LogP contribution in [0.2, 0.25) is 10.0 Å². The van der Waals surface area contributed by atoms with Crippen molar-refractivity contribution in [3.8, 4) is 5.75 Å². The van der Waals surface area contributed by atoms with Gasteiger partial charge >= 0.3 is 0 Å². The Bertz CT molecular complexity index is 583.